The second-order valence-corrected chi connectivity index (χ2v) is 7.48. The van der Waals surface area contributed by atoms with Crippen molar-refractivity contribution < 1.29 is 4.79 Å². The largest absolute Gasteiger partial charge is 0.336 e. The number of carbonyl (C=O) groups excluding carboxylic acids is 1. The van der Waals surface area contributed by atoms with Gasteiger partial charge in [-0.2, -0.15) is 5.10 Å². The number of carbonyl (C=O) groups is 1. The molecule has 0 aliphatic rings. The zero-order valence-corrected chi connectivity index (χ0v) is 16.0. The minimum Gasteiger partial charge on any atom is -0.336 e. The van der Waals surface area contributed by atoms with Crippen LogP contribution in [0.1, 0.15) is 42.5 Å². The van der Waals surface area contributed by atoms with Crippen LogP contribution < -0.4 is 5.32 Å². The third-order valence-corrected chi connectivity index (χ3v) is 4.08. The first-order valence-corrected chi connectivity index (χ1v) is 8.77. The van der Waals surface area contributed by atoms with E-state index in [1.165, 1.54) is 12.4 Å². The molecule has 1 aromatic carbocycles. The lowest BCUT2D eigenvalue weighted by molar-refractivity contribution is 0.0782. The number of rotatable bonds is 5. The predicted octanol–water partition coefficient (Wildman–Crippen LogP) is 3.51. The number of nitrogens with zero attached hydrogens (tertiary/aromatic N) is 4. The van der Waals surface area contributed by atoms with Crippen molar-refractivity contribution in [1.29, 1.82) is 0 Å². The van der Waals surface area contributed by atoms with E-state index in [4.69, 9.17) is 0 Å². The Morgan fingerprint density at radius 1 is 1.15 bits per heavy atom. The van der Waals surface area contributed by atoms with Crippen molar-refractivity contribution >= 4 is 17.5 Å². The molecule has 7 heteroatoms. The average Bonchev–Trinajstić information content (AvgIpc) is 3.11. The molecule has 0 atom stereocenters. The highest BCUT2D eigenvalue weighted by atomic mass is 16.2. The summed E-state index contributed by atoms with van der Waals surface area (Å²) in [6.45, 7) is 6.74. The van der Waals surface area contributed by atoms with Gasteiger partial charge in [0, 0.05) is 30.5 Å². The lowest BCUT2D eigenvalue weighted by atomic mass is 9.92. The summed E-state index contributed by atoms with van der Waals surface area (Å²) in [7, 11) is 1.75. The van der Waals surface area contributed by atoms with Crippen LogP contribution in [0, 0.1) is 0 Å². The van der Waals surface area contributed by atoms with Gasteiger partial charge in [0.05, 0.1) is 23.5 Å². The van der Waals surface area contributed by atoms with Crippen LogP contribution in [-0.2, 0) is 12.0 Å². The fourth-order valence-electron chi connectivity index (χ4n) is 2.53. The lowest BCUT2D eigenvalue weighted by Gasteiger charge is -2.16. The maximum Gasteiger partial charge on any atom is 0.257 e. The van der Waals surface area contributed by atoms with E-state index in [2.05, 4.69) is 46.3 Å². The molecule has 0 saturated carbocycles. The molecule has 1 amide bonds. The number of aromatic nitrogens is 4. The van der Waals surface area contributed by atoms with E-state index in [1.807, 2.05) is 36.4 Å². The maximum atomic E-state index is 12.6. The summed E-state index contributed by atoms with van der Waals surface area (Å²) in [5.74, 6) is 0.303. The van der Waals surface area contributed by atoms with Crippen molar-refractivity contribution in [2.45, 2.75) is 32.7 Å². The highest BCUT2D eigenvalue weighted by Gasteiger charge is 2.19. The molecule has 0 bridgehead atoms. The van der Waals surface area contributed by atoms with Gasteiger partial charge >= 0.3 is 0 Å². The summed E-state index contributed by atoms with van der Waals surface area (Å²) >= 11 is 0. The van der Waals surface area contributed by atoms with Crippen molar-refractivity contribution in [3.8, 4) is 0 Å². The van der Waals surface area contributed by atoms with Crippen molar-refractivity contribution in [1.82, 2.24) is 25.1 Å². The fourth-order valence-corrected chi connectivity index (χ4v) is 2.53. The summed E-state index contributed by atoms with van der Waals surface area (Å²) in [5.41, 5.74) is 3.15. The molecule has 0 unspecified atom stereocenters. The third kappa shape index (κ3) is 4.69. The van der Waals surface area contributed by atoms with Crippen LogP contribution >= 0.6 is 0 Å². The highest BCUT2D eigenvalue weighted by Crippen LogP contribution is 2.21. The number of H-pyrrole nitrogens is 1. The molecule has 140 valence electrons. The Balaban J connectivity index is 1.63. The van der Waals surface area contributed by atoms with E-state index >= 15 is 0 Å². The van der Waals surface area contributed by atoms with Gasteiger partial charge in [-0.1, -0.05) is 39.0 Å². The number of para-hydroxylation sites is 1. The first-order valence-electron chi connectivity index (χ1n) is 8.77. The van der Waals surface area contributed by atoms with Crippen LogP contribution in [0.15, 0.2) is 48.8 Å². The van der Waals surface area contributed by atoms with E-state index in [0.717, 1.165) is 17.1 Å². The third-order valence-electron chi connectivity index (χ3n) is 4.08. The molecule has 0 spiro atoms. The van der Waals surface area contributed by atoms with Crippen molar-refractivity contribution in [3.63, 3.8) is 0 Å². The normalized spacial score (nSPS) is 11.3. The molecule has 2 aromatic heterocycles. The van der Waals surface area contributed by atoms with Gasteiger partial charge in [-0.15, -0.1) is 0 Å². The SMILES string of the molecule is CN(Cc1cc(C(C)(C)C)n[nH]1)C(=O)c1cnc(Nc2ccccc2)nc1. The maximum absolute atomic E-state index is 12.6. The van der Waals surface area contributed by atoms with Gasteiger partial charge in [0.15, 0.2) is 0 Å². The summed E-state index contributed by atoms with van der Waals surface area (Å²) < 4.78 is 0. The number of amides is 1. The number of nitrogens with one attached hydrogen (secondary N) is 2. The average molecular weight is 364 g/mol. The second-order valence-electron chi connectivity index (χ2n) is 7.48. The Labute approximate surface area is 158 Å². The molecule has 27 heavy (non-hydrogen) atoms. The molecular formula is C20H24N6O. The molecule has 2 N–H and O–H groups in total. The van der Waals surface area contributed by atoms with Gasteiger partial charge in [-0.05, 0) is 18.2 Å². The number of benzene rings is 1. The van der Waals surface area contributed by atoms with Crippen LogP contribution in [0.3, 0.4) is 0 Å². The molecule has 3 aromatic rings. The van der Waals surface area contributed by atoms with E-state index in [1.54, 1.807) is 11.9 Å². The number of hydrogen-bond donors (Lipinski definition) is 2. The summed E-state index contributed by atoms with van der Waals surface area (Å²) in [4.78, 5) is 22.7. The molecule has 0 fully saturated rings. The van der Waals surface area contributed by atoms with Crippen molar-refractivity contribution in [2.24, 2.45) is 0 Å². The van der Waals surface area contributed by atoms with E-state index in [9.17, 15) is 4.79 Å². The molecule has 0 saturated heterocycles. The minimum atomic E-state index is -0.145. The van der Waals surface area contributed by atoms with E-state index in [-0.39, 0.29) is 11.3 Å². The van der Waals surface area contributed by atoms with Gasteiger partial charge in [0.2, 0.25) is 5.95 Å². The molecule has 0 radical (unpaired) electrons. The zero-order valence-electron chi connectivity index (χ0n) is 16.0. The Morgan fingerprint density at radius 3 is 2.41 bits per heavy atom. The summed E-state index contributed by atoms with van der Waals surface area (Å²) in [5, 5.41) is 10.4. The van der Waals surface area contributed by atoms with Gasteiger partial charge < -0.3 is 10.2 Å². The van der Waals surface area contributed by atoms with Crippen LogP contribution in [0.25, 0.3) is 0 Å². The molecular weight excluding hydrogens is 340 g/mol. The van der Waals surface area contributed by atoms with Crippen LogP contribution in [0.4, 0.5) is 11.6 Å². The smallest absolute Gasteiger partial charge is 0.257 e. The van der Waals surface area contributed by atoms with Gasteiger partial charge in [-0.3, -0.25) is 9.89 Å². The Hall–Kier alpha value is -3.22. The van der Waals surface area contributed by atoms with Crippen molar-refractivity contribution in [3.05, 3.63) is 65.7 Å². The number of hydrogen-bond acceptors (Lipinski definition) is 5. The first-order chi connectivity index (χ1) is 12.8. The van der Waals surface area contributed by atoms with Gasteiger partial charge in [-0.25, -0.2) is 9.97 Å². The quantitative estimate of drug-likeness (QED) is 0.723. The monoisotopic (exact) mass is 364 g/mol. The second kappa shape index (κ2) is 7.57. The summed E-state index contributed by atoms with van der Waals surface area (Å²) in [6, 6.07) is 11.6. The number of aromatic amines is 1. The molecule has 3 rings (SSSR count). The topological polar surface area (TPSA) is 86.8 Å². The lowest BCUT2D eigenvalue weighted by Crippen LogP contribution is -2.26. The van der Waals surface area contributed by atoms with Gasteiger partial charge in [0.25, 0.3) is 5.91 Å². The van der Waals surface area contributed by atoms with Crippen LogP contribution in [-0.4, -0.2) is 38.0 Å². The molecule has 7 nitrogen and oxygen atoms in total. The summed E-state index contributed by atoms with van der Waals surface area (Å²) in [6.07, 6.45) is 3.06. The Morgan fingerprint density at radius 2 is 1.81 bits per heavy atom. The Bertz CT molecular complexity index is 896. The van der Waals surface area contributed by atoms with Gasteiger partial charge in [0.1, 0.15) is 0 Å². The van der Waals surface area contributed by atoms with E-state index in [0.29, 0.717) is 18.1 Å². The zero-order chi connectivity index (χ0) is 19.4. The number of anilines is 2. The first kappa shape index (κ1) is 18.6. The standard InChI is InChI=1S/C20H24N6O/c1-20(2,3)17-10-16(24-25-17)13-26(4)18(27)14-11-21-19(22-12-14)23-15-8-6-5-7-9-15/h5-12H,13H2,1-4H3,(H,24,25)(H,21,22,23). The van der Waals surface area contributed by atoms with Crippen LogP contribution in [0.2, 0.25) is 0 Å². The van der Waals surface area contributed by atoms with Crippen LogP contribution in [0.5, 0.6) is 0 Å². The van der Waals surface area contributed by atoms with Crippen molar-refractivity contribution in [2.75, 3.05) is 12.4 Å². The molecule has 2 heterocycles. The van der Waals surface area contributed by atoms with E-state index < -0.39 is 0 Å². The minimum absolute atomic E-state index is 0.0350. The Kier molecular flexibility index (Phi) is 5.21. The predicted molar refractivity (Wildman–Crippen MR) is 105 cm³/mol. The molecule has 0 aliphatic carbocycles. The molecule has 0 aliphatic heterocycles. The fraction of sp³-hybridized carbons (Fsp3) is 0.300. The highest BCUT2D eigenvalue weighted by molar-refractivity contribution is 5.93.